The number of nitrogens with zero attached hydrogens (tertiary/aromatic N) is 4. The predicted molar refractivity (Wildman–Crippen MR) is 90.7 cm³/mol. The van der Waals surface area contributed by atoms with Crippen LogP contribution in [0.1, 0.15) is 19.8 Å². The maximum Gasteiger partial charge on any atom is 0.373 e. The number of benzene rings is 1. The summed E-state index contributed by atoms with van der Waals surface area (Å²) in [7, 11) is 0. The van der Waals surface area contributed by atoms with Crippen LogP contribution >= 0.6 is 11.6 Å². The number of ether oxygens (including phenoxy) is 1. The molecule has 0 spiro atoms. The number of aromatic nitrogens is 4. The SMILES string of the molecule is CCOC(=O)[C@H]1CCC[NH+](Cn2nnn(-c3ccccc3Cl)c2=O)C1. The summed E-state index contributed by atoms with van der Waals surface area (Å²) in [6.07, 6.45) is 1.73. The van der Waals surface area contributed by atoms with Gasteiger partial charge in [-0.15, -0.1) is 4.68 Å². The highest BCUT2D eigenvalue weighted by atomic mass is 35.5. The smallest absolute Gasteiger partial charge is 0.373 e. The Morgan fingerprint density at radius 3 is 2.96 bits per heavy atom. The van der Waals surface area contributed by atoms with Gasteiger partial charge in [-0.2, -0.15) is 4.68 Å². The second kappa shape index (κ2) is 7.79. The van der Waals surface area contributed by atoms with Crippen molar-refractivity contribution in [3.63, 3.8) is 0 Å². The van der Waals surface area contributed by atoms with Gasteiger partial charge in [0.15, 0.2) is 6.67 Å². The van der Waals surface area contributed by atoms with Crippen LogP contribution < -0.4 is 10.6 Å². The molecule has 9 heteroatoms. The first kappa shape index (κ1) is 17.6. The zero-order chi connectivity index (χ0) is 17.8. The molecule has 0 bridgehead atoms. The van der Waals surface area contributed by atoms with E-state index in [0.717, 1.165) is 24.3 Å². The van der Waals surface area contributed by atoms with Crippen LogP contribution in [-0.4, -0.2) is 45.5 Å². The number of likely N-dealkylation sites (tertiary alicyclic amines) is 1. The highest BCUT2D eigenvalue weighted by molar-refractivity contribution is 6.32. The maximum atomic E-state index is 12.6. The van der Waals surface area contributed by atoms with Gasteiger partial charge in [-0.05, 0) is 42.3 Å². The van der Waals surface area contributed by atoms with Crippen molar-refractivity contribution >= 4 is 17.6 Å². The number of piperidine rings is 1. The number of esters is 1. The fraction of sp³-hybridized carbons (Fsp3) is 0.500. The number of nitrogens with one attached hydrogen (secondary N) is 1. The lowest BCUT2D eigenvalue weighted by Gasteiger charge is -2.27. The van der Waals surface area contributed by atoms with Crippen molar-refractivity contribution in [3.05, 3.63) is 39.8 Å². The molecule has 2 atom stereocenters. The van der Waals surface area contributed by atoms with E-state index in [9.17, 15) is 9.59 Å². The molecule has 1 saturated heterocycles. The Morgan fingerprint density at radius 1 is 1.40 bits per heavy atom. The van der Waals surface area contributed by atoms with E-state index in [0.29, 0.717) is 30.5 Å². The molecule has 1 aromatic heterocycles. The van der Waals surface area contributed by atoms with Crippen molar-refractivity contribution in [2.75, 3.05) is 19.7 Å². The Bertz CT molecular complexity index is 803. The van der Waals surface area contributed by atoms with Crippen molar-refractivity contribution in [2.24, 2.45) is 5.92 Å². The van der Waals surface area contributed by atoms with Crippen molar-refractivity contribution < 1.29 is 14.4 Å². The molecular weight excluding hydrogens is 346 g/mol. The van der Waals surface area contributed by atoms with Gasteiger partial charge in [0.1, 0.15) is 5.92 Å². The van der Waals surface area contributed by atoms with Crippen LogP contribution in [0.15, 0.2) is 29.1 Å². The van der Waals surface area contributed by atoms with Gasteiger partial charge in [-0.25, -0.2) is 4.79 Å². The maximum absolute atomic E-state index is 12.6. The van der Waals surface area contributed by atoms with Gasteiger partial charge in [0.25, 0.3) is 0 Å². The van der Waals surface area contributed by atoms with E-state index in [1.807, 2.05) is 0 Å². The van der Waals surface area contributed by atoms with E-state index in [2.05, 4.69) is 10.4 Å². The van der Waals surface area contributed by atoms with Gasteiger partial charge >= 0.3 is 11.7 Å². The Morgan fingerprint density at radius 2 is 2.20 bits per heavy atom. The van der Waals surface area contributed by atoms with E-state index < -0.39 is 0 Å². The number of carbonyl (C=O) groups is 1. The number of carbonyl (C=O) groups excluding carboxylic acids is 1. The Labute approximate surface area is 149 Å². The van der Waals surface area contributed by atoms with Gasteiger partial charge in [0.05, 0.1) is 30.4 Å². The van der Waals surface area contributed by atoms with Crippen LogP contribution in [0.4, 0.5) is 0 Å². The van der Waals surface area contributed by atoms with Gasteiger partial charge in [-0.1, -0.05) is 23.7 Å². The summed E-state index contributed by atoms with van der Waals surface area (Å²) >= 11 is 6.12. The second-order valence-electron chi connectivity index (χ2n) is 6.08. The molecule has 3 rings (SSSR count). The number of para-hydroxylation sites is 1. The van der Waals surface area contributed by atoms with E-state index in [1.165, 1.54) is 9.36 Å². The zero-order valence-corrected chi connectivity index (χ0v) is 14.8. The zero-order valence-electron chi connectivity index (χ0n) is 14.0. The molecule has 0 saturated carbocycles. The average Bonchev–Trinajstić information content (AvgIpc) is 2.96. The molecule has 1 aliphatic rings. The number of rotatable bonds is 5. The summed E-state index contributed by atoms with van der Waals surface area (Å²) in [4.78, 5) is 25.6. The van der Waals surface area contributed by atoms with Crippen LogP contribution in [0.3, 0.4) is 0 Å². The fourth-order valence-corrected chi connectivity index (χ4v) is 3.33. The molecule has 0 aliphatic carbocycles. The normalized spacial score (nSPS) is 20.4. The number of halogens is 1. The largest absolute Gasteiger partial charge is 0.466 e. The van der Waals surface area contributed by atoms with Crippen LogP contribution in [0.25, 0.3) is 5.69 Å². The molecule has 1 fully saturated rings. The van der Waals surface area contributed by atoms with Gasteiger partial charge in [0.2, 0.25) is 0 Å². The minimum Gasteiger partial charge on any atom is -0.466 e. The van der Waals surface area contributed by atoms with E-state index in [4.69, 9.17) is 16.3 Å². The summed E-state index contributed by atoms with van der Waals surface area (Å²) in [6.45, 7) is 4.05. The predicted octanol–water partition coefficient (Wildman–Crippen LogP) is -0.102. The molecule has 2 aromatic rings. The lowest BCUT2D eigenvalue weighted by Crippen LogP contribution is -3.13. The van der Waals surface area contributed by atoms with Gasteiger partial charge in [0, 0.05) is 0 Å². The van der Waals surface area contributed by atoms with Crippen LogP contribution in [0.5, 0.6) is 0 Å². The summed E-state index contributed by atoms with van der Waals surface area (Å²) < 4.78 is 7.61. The summed E-state index contributed by atoms with van der Waals surface area (Å²) in [5, 5.41) is 8.31. The fourth-order valence-electron chi connectivity index (χ4n) is 3.12. The van der Waals surface area contributed by atoms with Crippen LogP contribution in [0, 0.1) is 5.92 Å². The third-order valence-electron chi connectivity index (χ3n) is 4.33. The molecule has 1 aromatic carbocycles. The van der Waals surface area contributed by atoms with E-state index >= 15 is 0 Å². The molecule has 134 valence electrons. The summed E-state index contributed by atoms with van der Waals surface area (Å²) in [5.74, 6) is -0.287. The highest BCUT2D eigenvalue weighted by Crippen LogP contribution is 2.16. The highest BCUT2D eigenvalue weighted by Gasteiger charge is 2.30. The lowest BCUT2D eigenvalue weighted by molar-refractivity contribution is -0.930. The van der Waals surface area contributed by atoms with E-state index in [-0.39, 0.29) is 17.6 Å². The third kappa shape index (κ3) is 3.91. The first-order chi connectivity index (χ1) is 12.1. The lowest BCUT2D eigenvalue weighted by atomic mass is 9.99. The monoisotopic (exact) mass is 366 g/mol. The summed E-state index contributed by atoms with van der Waals surface area (Å²) in [5.41, 5.74) is 0.150. The Kier molecular flexibility index (Phi) is 5.50. The molecule has 1 unspecified atom stereocenters. The standard InChI is InChI=1S/C16H20ClN5O3/c1-2-25-15(23)12-6-5-9-20(10-12)11-21-16(24)22(19-18-21)14-8-4-3-7-13(14)17/h3-4,7-8,12H,2,5-6,9-11H2,1H3/p+1/t12-/m0/s1. The average molecular weight is 367 g/mol. The second-order valence-corrected chi connectivity index (χ2v) is 6.48. The molecule has 1 aliphatic heterocycles. The van der Waals surface area contributed by atoms with Gasteiger partial charge < -0.3 is 9.64 Å². The molecule has 0 radical (unpaired) electrons. The van der Waals surface area contributed by atoms with Crippen molar-refractivity contribution in [1.29, 1.82) is 0 Å². The number of hydrogen-bond donors (Lipinski definition) is 1. The molecule has 0 amide bonds. The van der Waals surface area contributed by atoms with E-state index in [1.54, 1.807) is 31.2 Å². The minimum atomic E-state index is -0.348. The van der Waals surface area contributed by atoms with Gasteiger partial charge in [-0.3, -0.25) is 4.79 Å². The first-order valence-corrected chi connectivity index (χ1v) is 8.76. The topological polar surface area (TPSA) is 83.4 Å². The molecule has 25 heavy (non-hydrogen) atoms. The van der Waals surface area contributed by atoms with Crippen molar-refractivity contribution in [3.8, 4) is 5.69 Å². The quantitative estimate of drug-likeness (QED) is 0.747. The van der Waals surface area contributed by atoms with Crippen LogP contribution in [0.2, 0.25) is 5.02 Å². The van der Waals surface area contributed by atoms with Crippen molar-refractivity contribution in [1.82, 2.24) is 19.8 Å². The Balaban J connectivity index is 1.73. The van der Waals surface area contributed by atoms with Crippen molar-refractivity contribution in [2.45, 2.75) is 26.4 Å². The minimum absolute atomic E-state index is 0.127. The van der Waals surface area contributed by atoms with Crippen LogP contribution in [-0.2, 0) is 16.2 Å². The third-order valence-corrected chi connectivity index (χ3v) is 4.65. The Hall–Kier alpha value is -2.19. The molecule has 8 nitrogen and oxygen atoms in total. The number of tetrazole rings is 1. The number of quaternary nitrogens is 1. The first-order valence-electron chi connectivity index (χ1n) is 8.38. The summed E-state index contributed by atoms with van der Waals surface area (Å²) in [6, 6.07) is 6.98. The number of hydrogen-bond acceptors (Lipinski definition) is 5. The molecule has 1 N–H and O–H groups in total. The molecule has 2 heterocycles. The molecular formula is C16H21ClN5O3+.